The van der Waals surface area contributed by atoms with Crippen molar-refractivity contribution in [2.24, 2.45) is 0 Å². The number of hydrogen-bond donors (Lipinski definition) is 1. The molecule has 1 aromatic rings. The van der Waals surface area contributed by atoms with E-state index < -0.39 is 8.07 Å². The lowest BCUT2D eigenvalue weighted by atomic mass is 10.3. The fourth-order valence-electron chi connectivity index (χ4n) is 1.17. The summed E-state index contributed by atoms with van der Waals surface area (Å²) in [5, 5.41) is 0.549. The SMILES string of the molecule is C[Si](C)(C)CCOCOc1cc(N)ccc1Cl. The van der Waals surface area contributed by atoms with Gasteiger partial charge >= 0.3 is 0 Å². The second-order valence-corrected chi connectivity index (χ2v) is 11.2. The molecule has 17 heavy (non-hydrogen) atoms. The van der Waals surface area contributed by atoms with E-state index in [1.807, 2.05) is 0 Å². The molecule has 5 heteroatoms. The summed E-state index contributed by atoms with van der Waals surface area (Å²) in [6, 6.07) is 6.28. The smallest absolute Gasteiger partial charge is 0.189 e. The summed E-state index contributed by atoms with van der Waals surface area (Å²) in [5.41, 5.74) is 6.27. The van der Waals surface area contributed by atoms with E-state index in [0.29, 0.717) is 16.5 Å². The highest BCUT2D eigenvalue weighted by atomic mass is 35.5. The quantitative estimate of drug-likeness (QED) is 0.373. The maximum absolute atomic E-state index is 5.95. The standard InChI is InChI=1S/C12H20ClNO2Si/c1-17(2,3)7-6-15-9-16-12-8-10(14)4-5-11(12)13/h4-5,8H,6-7,9,14H2,1-3H3. The second kappa shape index (κ2) is 6.28. The lowest BCUT2D eigenvalue weighted by molar-refractivity contribution is 0.0221. The number of hydrogen-bond acceptors (Lipinski definition) is 3. The molecular formula is C12H20ClNO2Si. The van der Waals surface area contributed by atoms with Gasteiger partial charge < -0.3 is 15.2 Å². The summed E-state index contributed by atoms with van der Waals surface area (Å²) < 4.78 is 10.8. The Hall–Kier alpha value is -0.713. The number of halogens is 1. The summed E-state index contributed by atoms with van der Waals surface area (Å²) in [7, 11) is -1.03. The van der Waals surface area contributed by atoms with E-state index in [4.69, 9.17) is 26.8 Å². The minimum Gasteiger partial charge on any atom is -0.466 e. The Balaban J connectivity index is 2.29. The lowest BCUT2D eigenvalue weighted by Crippen LogP contribution is -2.22. The average molecular weight is 274 g/mol. The van der Waals surface area contributed by atoms with E-state index >= 15 is 0 Å². The van der Waals surface area contributed by atoms with Crippen molar-refractivity contribution < 1.29 is 9.47 Å². The van der Waals surface area contributed by atoms with Crippen LogP contribution in [0.1, 0.15) is 0 Å². The molecule has 0 unspecified atom stereocenters. The number of nitrogen functional groups attached to an aromatic ring is 1. The van der Waals surface area contributed by atoms with Crippen molar-refractivity contribution in [3.8, 4) is 5.75 Å². The van der Waals surface area contributed by atoms with E-state index in [-0.39, 0.29) is 6.79 Å². The number of ether oxygens (including phenoxy) is 2. The molecule has 0 atom stereocenters. The molecule has 0 saturated carbocycles. The van der Waals surface area contributed by atoms with Gasteiger partial charge in [0.15, 0.2) is 6.79 Å². The molecule has 1 rings (SSSR count). The predicted octanol–water partition coefficient (Wildman–Crippen LogP) is 3.61. The van der Waals surface area contributed by atoms with Crippen LogP contribution < -0.4 is 10.5 Å². The van der Waals surface area contributed by atoms with Gasteiger partial charge in [-0.05, 0) is 18.2 Å². The van der Waals surface area contributed by atoms with Crippen LogP contribution in [-0.2, 0) is 4.74 Å². The molecule has 0 heterocycles. The van der Waals surface area contributed by atoms with Crippen molar-refractivity contribution in [2.45, 2.75) is 25.7 Å². The van der Waals surface area contributed by atoms with Crippen LogP contribution in [-0.4, -0.2) is 21.5 Å². The van der Waals surface area contributed by atoms with Crippen LogP contribution in [0.3, 0.4) is 0 Å². The Labute approximate surface area is 109 Å². The van der Waals surface area contributed by atoms with Crippen LogP contribution in [0.2, 0.25) is 30.7 Å². The van der Waals surface area contributed by atoms with Crippen LogP contribution in [0.4, 0.5) is 5.69 Å². The molecule has 0 bridgehead atoms. The predicted molar refractivity (Wildman–Crippen MR) is 75.5 cm³/mol. The van der Waals surface area contributed by atoms with Crippen molar-refractivity contribution in [1.29, 1.82) is 0 Å². The first-order valence-corrected chi connectivity index (χ1v) is 9.72. The Bertz CT molecular complexity index is 366. The summed E-state index contributed by atoms with van der Waals surface area (Å²) in [5.74, 6) is 0.569. The Morgan fingerprint density at radius 3 is 2.65 bits per heavy atom. The van der Waals surface area contributed by atoms with Gasteiger partial charge in [-0.1, -0.05) is 31.2 Å². The highest BCUT2D eigenvalue weighted by Gasteiger charge is 2.12. The monoisotopic (exact) mass is 273 g/mol. The molecule has 3 nitrogen and oxygen atoms in total. The van der Waals surface area contributed by atoms with Crippen LogP contribution in [0.5, 0.6) is 5.75 Å². The van der Waals surface area contributed by atoms with Crippen LogP contribution >= 0.6 is 11.6 Å². The van der Waals surface area contributed by atoms with Gasteiger partial charge in [0.2, 0.25) is 0 Å². The van der Waals surface area contributed by atoms with Gasteiger partial charge in [-0.3, -0.25) is 0 Å². The third-order valence-corrected chi connectivity index (χ3v) is 4.27. The molecule has 0 radical (unpaired) electrons. The third-order valence-electron chi connectivity index (χ3n) is 2.25. The third kappa shape index (κ3) is 5.96. The maximum Gasteiger partial charge on any atom is 0.189 e. The Kier molecular flexibility index (Phi) is 5.30. The summed E-state index contributed by atoms with van der Waals surface area (Å²) in [4.78, 5) is 0. The zero-order valence-corrected chi connectivity index (χ0v) is 12.4. The van der Waals surface area contributed by atoms with Crippen LogP contribution in [0.25, 0.3) is 0 Å². The van der Waals surface area contributed by atoms with Crippen molar-refractivity contribution in [1.82, 2.24) is 0 Å². The summed E-state index contributed by atoms with van der Waals surface area (Å²) in [6.45, 7) is 7.88. The molecule has 0 aromatic heterocycles. The molecule has 2 N–H and O–H groups in total. The zero-order chi connectivity index (χ0) is 12.9. The summed E-state index contributed by atoms with van der Waals surface area (Å²) in [6.07, 6.45) is 0. The molecule has 0 spiro atoms. The van der Waals surface area contributed by atoms with Crippen molar-refractivity contribution in [3.05, 3.63) is 23.2 Å². The van der Waals surface area contributed by atoms with Crippen LogP contribution in [0, 0.1) is 0 Å². The molecule has 0 saturated heterocycles. The van der Waals surface area contributed by atoms with E-state index in [9.17, 15) is 0 Å². The van der Waals surface area contributed by atoms with Gasteiger partial charge in [-0.25, -0.2) is 0 Å². The Morgan fingerprint density at radius 2 is 2.00 bits per heavy atom. The molecular weight excluding hydrogens is 254 g/mol. The number of rotatable bonds is 6. The topological polar surface area (TPSA) is 44.5 Å². The maximum atomic E-state index is 5.95. The fraction of sp³-hybridized carbons (Fsp3) is 0.500. The molecule has 0 aliphatic heterocycles. The van der Waals surface area contributed by atoms with E-state index in [1.165, 1.54) is 0 Å². The van der Waals surface area contributed by atoms with Gasteiger partial charge in [0.25, 0.3) is 0 Å². The van der Waals surface area contributed by atoms with E-state index in [0.717, 1.165) is 12.7 Å². The van der Waals surface area contributed by atoms with Crippen molar-refractivity contribution >= 4 is 25.4 Å². The minimum absolute atomic E-state index is 0.216. The van der Waals surface area contributed by atoms with E-state index in [2.05, 4.69) is 19.6 Å². The van der Waals surface area contributed by atoms with Gasteiger partial charge in [0.1, 0.15) is 5.75 Å². The van der Waals surface area contributed by atoms with Gasteiger partial charge in [-0.15, -0.1) is 0 Å². The van der Waals surface area contributed by atoms with E-state index in [1.54, 1.807) is 18.2 Å². The summed E-state index contributed by atoms with van der Waals surface area (Å²) >= 11 is 5.95. The first kappa shape index (κ1) is 14.3. The molecule has 0 aliphatic carbocycles. The number of nitrogens with two attached hydrogens (primary N) is 1. The van der Waals surface area contributed by atoms with Gasteiger partial charge in [-0.2, -0.15) is 0 Å². The zero-order valence-electron chi connectivity index (χ0n) is 10.6. The second-order valence-electron chi connectivity index (χ2n) is 5.17. The fourth-order valence-corrected chi connectivity index (χ4v) is 2.10. The number of benzene rings is 1. The first-order chi connectivity index (χ1) is 7.88. The van der Waals surface area contributed by atoms with Crippen LogP contribution in [0.15, 0.2) is 18.2 Å². The molecule has 0 aliphatic rings. The number of anilines is 1. The van der Waals surface area contributed by atoms with Crippen molar-refractivity contribution in [2.75, 3.05) is 19.1 Å². The molecule has 1 aromatic carbocycles. The largest absolute Gasteiger partial charge is 0.466 e. The van der Waals surface area contributed by atoms with Gasteiger partial charge in [0.05, 0.1) is 5.02 Å². The highest BCUT2D eigenvalue weighted by Crippen LogP contribution is 2.26. The van der Waals surface area contributed by atoms with Gasteiger partial charge in [0, 0.05) is 26.4 Å². The first-order valence-electron chi connectivity index (χ1n) is 5.64. The normalized spacial score (nSPS) is 11.5. The molecule has 0 fully saturated rings. The minimum atomic E-state index is -1.03. The molecule has 0 amide bonds. The highest BCUT2D eigenvalue weighted by molar-refractivity contribution is 6.76. The van der Waals surface area contributed by atoms with Crippen molar-refractivity contribution in [3.63, 3.8) is 0 Å². The molecule has 96 valence electrons. The Morgan fingerprint density at radius 1 is 1.29 bits per heavy atom. The lowest BCUT2D eigenvalue weighted by Gasteiger charge is -2.15. The average Bonchev–Trinajstić information content (AvgIpc) is 2.21.